The fourth-order valence-corrected chi connectivity index (χ4v) is 2.92. The van der Waals surface area contributed by atoms with E-state index in [1.54, 1.807) is 36.4 Å². The van der Waals surface area contributed by atoms with Gasteiger partial charge in [0.25, 0.3) is 0 Å². The van der Waals surface area contributed by atoms with Crippen molar-refractivity contribution in [3.63, 3.8) is 0 Å². The minimum Gasteiger partial charge on any atom is -0.325 e. The molecular formula is C17H19FN2O3S. The highest BCUT2D eigenvalue weighted by Gasteiger charge is 2.20. The molecule has 0 spiro atoms. The third kappa shape index (κ3) is 5.75. The lowest BCUT2D eigenvalue weighted by molar-refractivity contribution is -0.116. The van der Waals surface area contributed by atoms with Crippen molar-refractivity contribution < 1.29 is 17.6 Å². The maximum Gasteiger partial charge on any atom is 0.239 e. The Balaban J connectivity index is 1.98. The molecule has 0 aliphatic heterocycles. The van der Waals surface area contributed by atoms with Crippen LogP contribution in [0.15, 0.2) is 54.6 Å². The van der Waals surface area contributed by atoms with Gasteiger partial charge in [-0.3, -0.25) is 4.79 Å². The Morgan fingerprint density at radius 3 is 2.29 bits per heavy atom. The maximum atomic E-state index is 12.9. The first-order chi connectivity index (χ1) is 11.3. The van der Waals surface area contributed by atoms with E-state index in [0.717, 1.165) is 16.1 Å². The van der Waals surface area contributed by atoms with Gasteiger partial charge in [-0.15, -0.1) is 0 Å². The standard InChI is InChI=1S/C17H19FN2O3S/c1-24(22,23)20(12-11-14-7-9-15(18)10-8-14)13-17(21)19-16-5-3-2-4-6-16/h2-10H,11-13H2,1H3,(H,19,21). The first kappa shape index (κ1) is 18.1. The van der Waals surface area contributed by atoms with Crippen LogP contribution in [0.3, 0.4) is 0 Å². The van der Waals surface area contributed by atoms with Crippen molar-refractivity contribution in [3.8, 4) is 0 Å². The van der Waals surface area contributed by atoms with Crippen molar-refractivity contribution in [3.05, 3.63) is 66.0 Å². The quantitative estimate of drug-likeness (QED) is 0.833. The molecular weight excluding hydrogens is 331 g/mol. The van der Waals surface area contributed by atoms with Crippen molar-refractivity contribution in [2.45, 2.75) is 6.42 Å². The van der Waals surface area contributed by atoms with Gasteiger partial charge in [0.1, 0.15) is 5.82 Å². The van der Waals surface area contributed by atoms with Gasteiger partial charge in [0.05, 0.1) is 12.8 Å². The van der Waals surface area contributed by atoms with Crippen LogP contribution in [0.4, 0.5) is 10.1 Å². The fourth-order valence-electron chi connectivity index (χ4n) is 2.15. The van der Waals surface area contributed by atoms with Gasteiger partial charge in [0, 0.05) is 12.2 Å². The van der Waals surface area contributed by atoms with Gasteiger partial charge in [0.2, 0.25) is 15.9 Å². The Hall–Kier alpha value is -2.25. The number of rotatable bonds is 7. The second-order valence-corrected chi connectivity index (χ2v) is 7.37. The molecule has 1 amide bonds. The second-order valence-electron chi connectivity index (χ2n) is 5.39. The lowest BCUT2D eigenvalue weighted by Gasteiger charge is -2.19. The van der Waals surface area contributed by atoms with Gasteiger partial charge in [-0.2, -0.15) is 4.31 Å². The molecule has 2 aromatic carbocycles. The van der Waals surface area contributed by atoms with Gasteiger partial charge < -0.3 is 5.32 Å². The molecule has 0 radical (unpaired) electrons. The number of hydrogen-bond donors (Lipinski definition) is 1. The highest BCUT2D eigenvalue weighted by Crippen LogP contribution is 2.08. The number of amides is 1. The van der Waals surface area contributed by atoms with Crippen LogP contribution in [0, 0.1) is 5.82 Å². The summed E-state index contributed by atoms with van der Waals surface area (Å²) in [6.07, 6.45) is 1.46. The van der Waals surface area contributed by atoms with Crippen LogP contribution in [0.1, 0.15) is 5.56 Å². The molecule has 5 nitrogen and oxygen atoms in total. The zero-order chi connectivity index (χ0) is 17.6. The Bertz CT molecular complexity index is 777. The number of nitrogens with one attached hydrogen (secondary N) is 1. The van der Waals surface area contributed by atoms with Gasteiger partial charge >= 0.3 is 0 Å². The fraction of sp³-hybridized carbons (Fsp3) is 0.235. The van der Waals surface area contributed by atoms with Crippen LogP contribution >= 0.6 is 0 Å². The van der Waals surface area contributed by atoms with Crippen LogP contribution in [-0.2, 0) is 21.2 Å². The summed E-state index contributed by atoms with van der Waals surface area (Å²) >= 11 is 0. The number of carbonyl (C=O) groups excluding carboxylic acids is 1. The lowest BCUT2D eigenvalue weighted by atomic mass is 10.1. The minimum atomic E-state index is -3.53. The molecule has 0 atom stereocenters. The molecule has 2 rings (SSSR count). The molecule has 24 heavy (non-hydrogen) atoms. The number of benzene rings is 2. The molecule has 0 heterocycles. The van der Waals surface area contributed by atoms with Crippen molar-refractivity contribution in [1.29, 1.82) is 0 Å². The van der Waals surface area contributed by atoms with Crippen LogP contribution in [0.2, 0.25) is 0 Å². The first-order valence-electron chi connectivity index (χ1n) is 7.39. The maximum absolute atomic E-state index is 12.9. The van der Waals surface area contributed by atoms with E-state index >= 15 is 0 Å². The smallest absolute Gasteiger partial charge is 0.239 e. The molecule has 7 heteroatoms. The summed E-state index contributed by atoms with van der Waals surface area (Å²) in [7, 11) is -3.53. The molecule has 0 bridgehead atoms. The van der Waals surface area contributed by atoms with E-state index < -0.39 is 15.9 Å². The highest BCUT2D eigenvalue weighted by atomic mass is 32.2. The molecule has 0 aromatic heterocycles. The molecule has 128 valence electrons. The number of carbonyl (C=O) groups is 1. The number of para-hydroxylation sites is 1. The van der Waals surface area contributed by atoms with E-state index in [1.165, 1.54) is 12.1 Å². The molecule has 0 saturated carbocycles. The van der Waals surface area contributed by atoms with E-state index in [0.29, 0.717) is 12.1 Å². The van der Waals surface area contributed by atoms with Crippen molar-refractivity contribution in [2.24, 2.45) is 0 Å². The summed E-state index contributed by atoms with van der Waals surface area (Å²) in [6, 6.07) is 14.7. The molecule has 0 saturated heterocycles. The lowest BCUT2D eigenvalue weighted by Crippen LogP contribution is -2.38. The van der Waals surface area contributed by atoms with Gasteiger partial charge in [0.15, 0.2) is 0 Å². The number of nitrogens with zero attached hydrogens (tertiary/aromatic N) is 1. The average molecular weight is 350 g/mol. The topological polar surface area (TPSA) is 66.5 Å². The molecule has 0 unspecified atom stereocenters. The average Bonchev–Trinajstić information content (AvgIpc) is 2.53. The summed E-state index contributed by atoms with van der Waals surface area (Å²) in [6.45, 7) is -0.123. The third-order valence-electron chi connectivity index (χ3n) is 3.41. The third-order valence-corrected chi connectivity index (χ3v) is 4.66. The molecule has 0 aliphatic rings. The molecule has 1 N–H and O–H groups in total. The van der Waals surface area contributed by atoms with Crippen molar-refractivity contribution in [2.75, 3.05) is 24.7 Å². The summed E-state index contributed by atoms with van der Waals surface area (Å²) in [5.74, 6) is -0.758. The van der Waals surface area contributed by atoms with Crippen molar-refractivity contribution >= 4 is 21.6 Å². The van der Waals surface area contributed by atoms with E-state index in [9.17, 15) is 17.6 Å². The first-order valence-corrected chi connectivity index (χ1v) is 9.24. The minimum absolute atomic E-state index is 0.146. The van der Waals surface area contributed by atoms with Crippen LogP contribution in [0.25, 0.3) is 0 Å². The SMILES string of the molecule is CS(=O)(=O)N(CCc1ccc(F)cc1)CC(=O)Nc1ccccc1. The Labute approximate surface area is 141 Å². The number of halogens is 1. The summed E-state index contributed by atoms with van der Waals surface area (Å²) < 4.78 is 37.8. The summed E-state index contributed by atoms with van der Waals surface area (Å²) in [4.78, 5) is 12.1. The zero-order valence-electron chi connectivity index (χ0n) is 13.3. The predicted molar refractivity (Wildman–Crippen MR) is 91.6 cm³/mol. The second kappa shape index (κ2) is 8.03. The predicted octanol–water partition coefficient (Wildman–Crippen LogP) is 2.27. The van der Waals surface area contributed by atoms with Crippen LogP contribution in [-0.4, -0.2) is 38.0 Å². The highest BCUT2D eigenvalue weighted by molar-refractivity contribution is 7.88. The zero-order valence-corrected chi connectivity index (χ0v) is 14.1. The number of sulfonamides is 1. The monoisotopic (exact) mass is 350 g/mol. The van der Waals surface area contributed by atoms with Crippen LogP contribution < -0.4 is 5.32 Å². The van der Waals surface area contributed by atoms with E-state index in [1.807, 2.05) is 6.07 Å². The summed E-state index contributed by atoms with van der Waals surface area (Å²) in [5, 5.41) is 2.66. The molecule has 0 fully saturated rings. The van der Waals surface area contributed by atoms with Crippen molar-refractivity contribution in [1.82, 2.24) is 4.31 Å². The Morgan fingerprint density at radius 1 is 1.08 bits per heavy atom. The number of anilines is 1. The number of hydrogen-bond acceptors (Lipinski definition) is 3. The van der Waals surface area contributed by atoms with E-state index in [4.69, 9.17) is 0 Å². The molecule has 0 aliphatic carbocycles. The van der Waals surface area contributed by atoms with Gasteiger partial charge in [-0.1, -0.05) is 30.3 Å². The molecule has 2 aromatic rings. The van der Waals surface area contributed by atoms with E-state index in [2.05, 4.69) is 5.32 Å². The Morgan fingerprint density at radius 2 is 1.71 bits per heavy atom. The largest absolute Gasteiger partial charge is 0.325 e. The van der Waals surface area contributed by atoms with Gasteiger partial charge in [-0.05, 0) is 36.2 Å². The van der Waals surface area contributed by atoms with E-state index in [-0.39, 0.29) is 18.9 Å². The normalized spacial score (nSPS) is 11.5. The summed E-state index contributed by atoms with van der Waals surface area (Å²) in [5.41, 5.74) is 1.41. The van der Waals surface area contributed by atoms with Gasteiger partial charge in [-0.25, -0.2) is 12.8 Å². The Kier molecular flexibility index (Phi) is 6.05. The van der Waals surface area contributed by atoms with Crippen LogP contribution in [0.5, 0.6) is 0 Å².